The fraction of sp³-hybridized carbons (Fsp3) is 0.500. The van der Waals surface area contributed by atoms with E-state index in [1.165, 1.54) is 12.8 Å². The van der Waals surface area contributed by atoms with Gasteiger partial charge in [0.25, 0.3) is 0 Å². The Bertz CT molecular complexity index is 893. The van der Waals surface area contributed by atoms with Crippen LogP contribution in [0.15, 0.2) is 30.3 Å². The Hall–Kier alpha value is -2.74. The molecule has 0 bridgehead atoms. The van der Waals surface area contributed by atoms with Crippen LogP contribution in [0.4, 0.5) is 22.1 Å². The maximum absolute atomic E-state index is 12.7. The Balaban J connectivity index is 1.31. The van der Waals surface area contributed by atoms with Crippen molar-refractivity contribution in [2.75, 3.05) is 61.5 Å². The molecule has 1 N–H and O–H groups in total. The van der Waals surface area contributed by atoms with Gasteiger partial charge in [-0.3, -0.25) is 0 Å². The highest BCUT2D eigenvalue weighted by Crippen LogP contribution is 2.28. The number of hydrogen-bond acceptors (Lipinski definition) is 6. The third-order valence-electron chi connectivity index (χ3n) is 6.04. The third-order valence-corrected chi connectivity index (χ3v) is 6.27. The van der Waals surface area contributed by atoms with Crippen molar-refractivity contribution < 1.29 is 9.53 Å². The van der Waals surface area contributed by atoms with Crippen molar-refractivity contribution in [3.05, 3.63) is 35.4 Å². The number of ether oxygens (including phenoxy) is 1. The molecule has 31 heavy (non-hydrogen) atoms. The van der Waals surface area contributed by atoms with E-state index in [0.717, 1.165) is 30.6 Å². The van der Waals surface area contributed by atoms with Gasteiger partial charge in [-0.1, -0.05) is 18.5 Å². The fourth-order valence-electron chi connectivity index (χ4n) is 4.00. The number of carbonyl (C=O) groups excluding carboxylic acids is 1. The number of amides is 2. The summed E-state index contributed by atoms with van der Waals surface area (Å²) in [4.78, 5) is 19.0. The highest BCUT2D eigenvalue weighted by Gasteiger charge is 2.24. The van der Waals surface area contributed by atoms with Crippen LogP contribution < -0.4 is 19.9 Å². The summed E-state index contributed by atoms with van der Waals surface area (Å²) in [6.07, 6.45) is 2.41. The van der Waals surface area contributed by atoms with Crippen LogP contribution in [0.25, 0.3) is 0 Å². The molecule has 1 aromatic heterocycles. The number of piperazine rings is 1. The van der Waals surface area contributed by atoms with Crippen LogP contribution >= 0.6 is 11.6 Å². The fourth-order valence-corrected chi connectivity index (χ4v) is 4.18. The van der Waals surface area contributed by atoms with E-state index >= 15 is 0 Å². The molecular formula is C22H29ClN6O2. The number of carbonyl (C=O) groups is 1. The molecule has 2 saturated heterocycles. The van der Waals surface area contributed by atoms with Gasteiger partial charge >= 0.3 is 6.03 Å². The maximum Gasteiger partial charge on any atom is 0.322 e. The van der Waals surface area contributed by atoms with Gasteiger partial charge in [-0.2, -0.15) is 0 Å². The van der Waals surface area contributed by atoms with E-state index < -0.39 is 0 Å². The van der Waals surface area contributed by atoms with Crippen molar-refractivity contribution in [3.8, 4) is 5.75 Å². The number of halogens is 1. The van der Waals surface area contributed by atoms with E-state index in [1.807, 2.05) is 6.07 Å². The molecule has 2 amide bonds. The number of urea groups is 1. The summed E-state index contributed by atoms with van der Waals surface area (Å²) in [7, 11) is 1.57. The Morgan fingerprint density at radius 2 is 1.61 bits per heavy atom. The number of aromatic nitrogens is 2. The first kappa shape index (κ1) is 21.5. The first-order valence-corrected chi connectivity index (χ1v) is 11.1. The van der Waals surface area contributed by atoms with Crippen LogP contribution in [0.2, 0.25) is 5.02 Å². The molecule has 0 saturated carbocycles. The minimum atomic E-state index is -0.166. The molecule has 1 aromatic carbocycles. The summed E-state index contributed by atoms with van der Waals surface area (Å²) < 4.78 is 5.30. The second kappa shape index (κ2) is 9.60. The van der Waals surface area contributed by atoms with E-state index in [4.69, 9.17) is 16.3 Å². The minimum Gasteiger partial charge on any atom is -0.495 e. The zero-order chi connectivity index (χ0) is 21.8. The van der Waals surface area contributed by atoms with Crippen molar-refractivity contribution in [3.63, 3.8) is 0 Å². The predicted octanol–water partition coefficient (Wildman–Crippen LogP) is 3.73. The van der Waals surface area contributed by atoms with E-state index in [2.05, 4.69) is 38.3 Å². The molecule has 0 atom stereocenters. The molecule has 0 unspecified atom stereocenters. The van der Waals surface area contributed by atoms with Crippen LogP contribution in [0.5, 0.6) is 5.75 Å². The van der Waals surface area contributed by atoms with Gasteiger partial charge in [-0.25, -0.2) is 4.79 Å². The Morgan fingerprint density at radius 3 is 2.19 bits per heavy atom. The molecule has 166 valence electrons. The summed E-state index contributed by atoms with van der Waals surface area (Å²) >= 11 is 6.05. The zero-order valence-electron chi connectivity index (χ0n) is 18.1. The number of hydrogen-bond donors (Lipinski definition) is 1. The normalized spacial score (nSPS) is 17.6. The second-order valence-corrected chi connectivity index (χ2v) is 8.60. The summed E-state index contributed by atoms with van der Waals surface area (Å²) in [5, 5.41) is 12.3. The monoisotopic (exact) mass is 444 g/mol. The topological polar surface area (TPSA) is 73.8 Å². The first-order valence-electron chi connectivity index (χ1n) is 10.8. The van der Waals surface area contributed by atoms with Gasteiger partial charge in [0.05, 0.1) is 12.8 Å². The van der Waals surface area contributed by atoms with Crippen molar-refractivity contribution >= 4 is 35.0 Å². The lowest BCUT2D eigenvalue weighted by atomic mass is 9.99. The number of methoxy groups -OCH3 is 1. The number of anilines is 3. The number of benzene rings is 1. The summed E-state index contributed by atoms with van der Waals surface area (Å²) in [5.41, 5.74) is 0.566. The molecule has 9 heteroatoms. The maximum atomic E-state index is 12.7. The van der Waals surface area contributed by atoms with Crippen LogP contribution in [0.1, 0.15) is 19.8 Å². The van der Waals surface area contributed by atoms with E-state index in [9.17, 15) is 4.79 Å². The van der Waals surface area contributed by atoms with Gasteiger partial charge in [-0.05, 0) is 49.1 Å². The van der Waals surface area contributed by atoms with Crippen LogP contribution in [0, 0.1) is 5.92 Å². The lowest BCUT2D eigenvalue weighted by molar-refractivity contribution is 0.208. The predicted molar refractivity (Wildman–Crippen MR) is 123 cm³/mol. The van der Waals surface area contributed by atoms with Crippen LogP contribution in [-0.4, -0.2) is 67.5 Å². The highest BCUT2D eigenvalue weighted by atomic mass is 35.5. The highest BCUT2D eigenvalue weighted by molar-refractivity contribution is 6.31. The molecule has 0 radical (unpaired) electrons. The SMILES string of the molecule is COc1ccc(Cl)cc1NC(=O)N1CCN(c2ccc(N3CCC(C)CC3)nn2)CC1. The molecule has 2 aliphatic heterocycles. The van der Waals surface area contributed by atoms with Gasteiger partial charge in [0.15, 0.2) is 11.6 Å². The molecule has 8 nitrogen and oxygen atoms in total. The molecule has 3 heterocycles. The average molecular weight is 445 g/mol. The van der Waals surface area contributed by atoms with Crippen LogP contribution in [0.3, 0.4) is 0 Å². The molecule has 4 rings (SSSR count). The summed E-state index contributed by atoms with van der Waals surface area (Å²) in [5.74, 6) is 3.17. The zero-order valence-corrected chi connectivity index (χ0v) is 18.8. The molecule has 2 aromatic rings. The Labute approximate surface area is 188 Å². The van der Waals surface area contributed by atoms with Gasteiger partial charge < -0.3 is 24.8 Å². The van der Waals surface area contributed by atoms with Gasteiger partial charge in [0.1, 0.15) is 5.75 Å². The van der Waals surface area contributed by atoms with Crippen molar-refractivity contribution in [2.24, 2.45) is 5.92 Å². The number of nitrogens with zero attached hydrogens (tertiary/aromatic N) is 5. The number of nitrogens with one attached hydrogen (secondary N) is 1. The van der Waals surface area contributed by atoms with Crippen molar-refractivity contribution in [2.45, 2.75) is 19.8 Å². The lowest BCUT2D eigenvalue weighted by Gasteiger charge is -2.35. The van der Waals surface area contributed by atoms with Gasteiger partial charge in [-0.15, -0.1) is 10.2 Å². The molecule has 0 spiro atoms. The molecule has 0 aliphatic carbocycles. The van der Waals surface area contributed by atoms with Gasteiger partial charge in [0, 0.05) is 44.3 Å². The smallest absolute Gasteiger partial charge is 0.322 e. The standard InChI is InChI=1S/C22H29ClN6O2/c1-16-7-9-27(10-8-16)20-5-6-21(26-25-20)28-11-13-29(14-12-28)22(30)24-18-15-17(23)3-4-19(18)31-2/h3-6,15-16H,7-14H2,1-2H3,(H,24,30). The minimum absolute atomic E-state index is 0.166. The van der Waals surface area contributed by atoms with Crippen molar-refractivity contribution in [1.82, 2.24) is 15.1 Å². The molecule has 2 aliphatic rings. The van der Waals surface area contributed by atoms with Crippen molar-refractivity contribution in [1.29, 1.82) is 0 Å². The largest absolute Gasteiger partial charge is 0.495 e. The van der Waals surface area contributed by atoms with E-state index in [-0.39, 0.29) is 6.03 Å². The quantitative estimate of drug-likeness (QED) is 0.774. The first-order chi connectivity index (χ1) is 15.0. The summed E-state index contributed by atoms with van der Waals surface area (Å²) in [6.45, 7) is 6.99. The van der Waals surface area contributed by atoms with Crippen LogP contribution in [-0.2, 0) is 0 Å². The Kier molecular flexibility index (Phi) is 6.65. The molecular weight excluding hydrogens is 416 g/mol. The molecule has 2 fully saturated rings. The van der Waals surface area contributed by atoms with Gasteiger partial charge in [0.2, 0.25) is 0 Å². The van der Waals surface area contributed by atoms with E-state index in [0.29, 0.717) is 42.6 Å². The lowest BCUT2D eigenvalue weighted by Crippen LogP contribution is -2.50. The number of piperidine rings is 1. The average Bonchev–Trinajstić information content (AvgIpc) is 2.80. The number of rotatable bonds is 4. The second-order valence-electron chi connectivity index (χ2n) is 8.17. The third kappa shape index (κ3) is 5.12. The van der Waals surface area contributed by atoms with E-state index in [1.54, 1.807) is 30.2 Å². The Morgan fingerprint density at radius 1 is 1.00 bits per heavy atom. The summed E-state index contributed by atoms with van der Waals surface area (Å²) in [6, 6.07) is 9.08.